The molecule has 3 nitrogen and oxygen atoms in total. The van der Waals surface area contributed by atoms with Gasteiger partial charge in [0.2, 0.25) is 0 Å². The molecule has 10 heavy (non-hydrogen) atoms. The number of hydrogen-bond donors (Lipinski definition) is 1. The van der Waals surface area contributed by atoms with Gasteiger partial charge in [-0.25, -0.2) is 0 Å². The zero-order valence-electron chi connectivity index (χ0n) is 5.82. The molecular weight excluding hydrogens is 150 g/mol. The fourth-order valence-electron chi connectivity index (χ4n) is 0.950. The van der Waals surface area contributed by atoms with Crippen molar-refractivity contribution >= 4 is 11.2 Å². The van der Waals surface area contributed by atoms with Crippen molar-refractivity contribution in [3.8, 4) is 0 Å². The van der Waals surface area contributed by atoms with Crippen LogP contribution in [0.15, 0.2) is 0 Å². The summed E-state index contributed by atoms with van der Waals surface area (Å²) in [6, 6.07) is 0. The van der Waals surface area contributed by atoms with Crippen LogP contribution in [0.5, 0.6) is 0 Å². The molecule has 1 N–H and O–H groups in total. The van der Waals surface area contributed by atoms with Gasteiger partial charge in [-0.15, -0.1) is 0 Å². The highest BCUT2D eigenvalue weighted by Gasteiger charge is 2.21. The number of nitrogens with zero attached hydrogens (tertiary/aromatic N) is 1. The summed E-state index contributed by atoms with van der Waals surface area (Å²) in [6.07, 6.45) is -0.628. The van der Waals surface area contributed by atoms with E-state index >= 15 is 0 Å². The lowest BCUT2D eigenvalue weighted by atomic mass is 10.4. The highest BCUT2D eigenvalue weighted by Crippen LogP contribution is 2.05. The summed E-state index contributed by atoms with van der Waals surface area (Å²) in [5.74, 6) is 1.35. The molecule has 1 unspecified atom stereocenters. The van der Waals surface area contributed by atoms with E-state index in [-0.39, 0.29) is 0 Å². The third-order valence-electron chi connectivity index (χ3n) is 1.63. The van der Waals surface area contributed by atoms with Crippen LogP contribution in [-0.4, -0.2) is 45.4 Å². The van der Waals surface area contributed by atoms with E-state index in [1.165, 1.54) is 0 Å². The quantitative estimate of drug-likeness (QED) is 0.514. The van der Waals surface area contributed by atoms with Crippen LogP contribution in [0.1, 0.15) is 0 Å². The molecule has 1 radical (unpaired) electrons. The number of aliphatic hydroxyl groups excluding tert-OH is 1. The van der Waals surface area contributed by atoms with Crippen molar-refractivity contribution in [3.63, 3.8) is 0 Å². The molecule has 1 aliphatic rings. The van der Waals surface area contributed by atoms with Crippen molar-refractivity contribution < 1.29 is 9.66 Å². The van der Waals surface area contributed by atoms with E-state index in [1.807, 2.05) is 4.90 Å². The van der Waals surface area contributed by atoms with Gasteiger partial charge in [0.1, 0.15) is 17.7 Å². The summed E-state index contributed by atoms with van der Waals surface area (Å²) in [6.45, 7) is 4.88. The van der Waals surface area contributed by atoms with Gasteiger partial charge in [-0.05, 0) is 6.92 Å². The lowest BCUT2D eigenvalue weighted by Gasteiger charge is -2.29. The van der Waals surface area contributed by atoms with Crippen molar-refractivity contribution in [2.24, 2.45) is 0 Å². The SMILES string of the molecule is [CH2]C(O)N1CC[S+]([O-])CC1. The lowest BCUT2D eigenvalue weighted by Crippen LogP contribution is -2.44. The minimum Gasteiger partial charge on any atom is -0.616 e. The van der Waals surface area contributed by atoms with E-state index in [9.17, 15) is 4.55 Å². The zero-order valence-corrected chi connectivity index (χ0v) is 6.64. The second-order valence-electron chi connectivity index (χ2n) is 2.36. The molecule has 4 heteroatoms. The second kappa shape index (κ2) is 3.57. The minimum absolute atomic E-state index is 0.628. The molecule has 1 aliphatic heterocycles. The Balaban J connectivity index is 2.26. The molecule has 1 atom stereocenters. The first-order valence-electron chi connectivity index (χ1n) is 3.30. The summed E-state index contributed by atoms with van der Waals surface area (Å²) >= 11 is -0.658. The molecule has 0 aromatic carbocycles. The Bertz CT molecular complexity index is 102. The third-order valence-corrected chi connectivity index (χ3v) is 2.91. The molecule has 0 saturated carbocycles. The average molecular weight is 162 g/mol. The smallest absolute Gasteiger partial charge is 0.118 e. The van der Waals surface area contributed by atoms with Crippen LogP contribution in [0.2, 0.25) is 0 Å². The van der Waals surface area contributed by atoms with Crippen molar-refractivity contribution in [3.05, 3.63) is 6.92 Å². The van der Waals surface area contributed by atoms with E-state index < -0.39 is 17.4 Å². The summed E-state index contributed by atoms with van der Waals surface area (Å²) in [5.41, 5.74) is 0. The Morgan fingerprint density at radius 2 is 2.00 bits per heavy atom. The molecule has 1 heterocycles. The topological polar surface area (TPSA) is 46.5 Å². The van der Waals surface area contributed by atoms with Gasteiger partial charge < -0.3 is 9.66 Å². The maximum Gasteiger partial charge on any atom is 0.118 e. The molecular formula is C6H12NO2S. The molecule has 59 valence electrons. The standard InChI is InChI=1S/C6H12NO2S/c1-6(8)7-2-4-10(9)5-3-7/h6,8H,1-5H2. The molecule has 0 bridgehead atoms. The predicted octanol–water partition coefficient (Wildman–Crippen LogP) is -0.797. The maximum absolute atomic E-state index is 10.8. The summed E-state index contributed by atoms with van der Waals surface area (Å²) in [7, 11) is 0. The van der Waals surface area contributed by atoms with Gasteiger partial charge in [0.25, 0.3) is 0 Å². The minimum atomic E-state index is -0.658. The van der Waals surface area contributed by atoms with Crippen LogP contribution in [-0.2, 0) is 11.2 Å². The highest BCUT2D eigenvalue weighted by molar-refractivity contribution is 7.91. The zero-order chi connectivity index (χ0) is 7.56. The first-order valence-corrected chi connectivity index (χ1v) is 4.79. The Morgan fingerprint density at radius 3 is 2.40 bits per heavy atom. The van der Waals surface area contributed by atoms with E-state index in [0.29, 0.717) is 24.6 Å². The molecule has 0 aromatic rings. The number of rotatable bonds is 1. The molecule has 1 fully saturated rings. The van der Waals surface area contributed by atoms with Crippen molar-refractivity contribution in [1.82, 2.24) is 4.90 Å². The first-order chi connectivity index (χ1) is 4.70. The molecule has 0 aromatic heterocycles. The lowest BCUT2D eigenvalue weighted by molar-refractivity contribution is 0.0464. The predicted molar refractivity (Wildman–Crippen MR) is 40.8 cm³/mol. The van der Waals surface area contributed by atoms with Crippen molar-refractivity contribution in [2.45, 2.75) is 6.23 Å². The summed E-state index contributed by atoms with van der Waals surface area (Å²) in [5, 5.41) is 8.98. The first kappa shape index (κ1) is 8.33. The Labute approximate surface area is 64.2 Å². The maximum atomic E-state index is 10.8. The fourth-order valence-corrected chi connectivity index (χ4v) is 2.03. The van der Waals surface area contributed by atoms with E-state index in [4.69, 9.17) is 5.11 Å². The van der Waals surface area contributed by atoms with E-state index in [2.05, 4.69) is 6.92 Å². The van der Waals surface area contributed by atoms with Crippen LogP contribution in [0.4, 0.5) is 0 Å². The average Bonchev–Trinajstić information content (AvgIpc) is 1.88. The fraction of sp³-hybridized carbons (Fsp3) is 0.833. The van der Waals surface area contributed by atoms with Gasteiger partial charge in [-0.2, -0.15) is 0 Å². The third kappa shape index (κ3) is 2.12. The monoisotopic (exact) mass is 162 g/mol. The van der Waals surface area contributed by atoms with Crippen LogP contribution in [0.3, 0.4) is 0 Å². The molecule has 1 saturated heterocycles. The number of hydrogen-bond acceptors (Lipinski definition) is 3. The normalized spacial score (nSPS) is 26.7. The van der Waals surface area contributed by atoms with Gasteiger partial charge in [0, 0.05) is 13.1 Å². The Morgan fingerprint density at radius 1 is 1.50 bits per heavy atom. The van der Waals surface area contributed by atoms with Crippen molar-refractivity contribution in [1.29, 1.82) is 0 Å². The summed E-state index contributed by atoms with van der Waals surface area (Å²) < 4.78 is 10.8. The van der Waals surface area contributed by atoms with E-state index in [0.717, 1.165) is 0 Å². The van der Waals surface area contributed by atoms with Gasteiger partial charge in [0.15, 0.2) is 0 Å². The summed E-state index contributed by atoms with van der Waals surface area (Å²) in [4.78, 5) is 1.82. The van der Waals surface area contributed by atoms with E-state index in [1.54, 1.807) is 0 Å². The van der Waals surface area contributed by atoms with Crippen LogP contribution >= 0.6 is 0 Å². The van der Waals surface area contributed by atoms with Crippen LogP contribution in [0, 0.1) is 6.92 Å². The Kier molecular flexibility index (Phi) is 2.97. The van der Waals surface area contributed by atoms with Crippen LogP contribution in [0.25, 0.3) is 0 Å². The molecule has 0 spiro atoms. The van der Waals surface area contributed by atoms with Gasteiger partial charge in [-0.3, -0.25) is 4.90 Å². The van der Waals surface area contributed by atoms with Gasteiger partial charge in [-0.1, -0.05) is 11.2 Å². The second-order valence-corrected chi connectivity index (χ2v) is 4.06. The van der Waals surface area contributed by atoms with Gasteiger partial charge in [0.05, 0.1) is 0 Å². The number of aliphatic hydroxyl groups is 1. The molecule has 1 rings (SSSR count). The largest absolute Gasteiger partial charge is 0.616 e. The van der Waals surface area contributed by atoms with Crippen molar-refractivity contribution in [2.75, 3.05) is 24.6 Å². The highest BCUT2D eigenvalue weighted by atomic mass is 32.2. The molecule has 0 amide bonds. The van der Waals surface area contributed by atoms with Gasteiger partial charge >= 0.3 is 0 Å². The molecule has 0 aliphatic carbocycles. The van der Waals surface area contributed by atoms with Crippen LogP contribution < -0.4 is 0 Å². The Hall–Kier alpha value is 0.230.